The summed E-state index contributed by atoms with van der Waals surface area (Å²) < 4.78 is 44.1. The van der Waals surface area contributed by atoms with E-state index in [0.717, 1.165) is 6.08 Å². The number of fused-ring (bicyclic) bond motifs is 1. The summed E-state index contributed by atoms with van der Waals surface area (Å²) >= 11 is 5.72. The zero-order valence-electron chi connectivity index (χ0n) is 9.37. The van der Waals surface area contributed by atoms with Crippen LogP contribution in [0.5, 0.6) is 5.75 Å². The quantitative estimate of drug-likeness (QED) is 0.931. The summed E-state index contributed by atoms with van der Waals surface area (Å²) in [7, 11) is 0. The van der Waals surface area contributed by atoms with Crippen molar-refractivity contribution in [3.05, 3.63) is 34.4 Å². The van der Waals surface area contributed by atoms with Crippen molar-refractivity contribution in [2.75, 3.05) is 6.67 Å². The van der Waals surface area contributed by atoms with Crippen molar-refractivity contribution >= 4 is 23.6 Å². The zero-order valence-corrected chi connectivity index (χ0v) is 10.1. The van der Waals surface area contributed by atoms with Gasteiger partial charge in [-0.15, -0.1) is 0 Å². The van der Waals surface area contributed by atoms with Crippen LogP contribution in [0.15, 0.2) is 23.8 Å². The first-order valence-electron chi connectivity index (χ1n) is 5.20. The van der Waals surface area contributed by atoms with Gasteiger partial charge in [0.2, 0.25) is 0 Å². The number of halogens is 4. The highest BCUT2D eigenvalue weighted by Gasteiger charge is 2.48. The first-order chi connectivity index (χ1) is 8.85. The summed E-state index contributed by atoms with van der Waals surface area (Å²) in [5, 5.41) is 9.23. The highest BCUT2D eigenvalue weighted by molar-refractivity contribution is 6.30. The number of rotatable bonds is 3. The Morgan fingerprint density at radius 1 is 1.47 bits per heavy atom. The highest BCUT2D eigenvalue weighted by atomic mass is 35.5. The fraction of sp³-hybridized carbons (Fsp3) is 0.250. The van der Waals surface area contributed by atoms with E-state index in [9.17, 15) is 18.0 Å². The lowest BCUT2D eigenvalue weighted by atomic mass is 9.98. The second-order valence-electron chi connectivity index (χ2n) is 3.98. The molecule has 1 atom stereocenters. The van der Waals surface area contributed by atoms with Crippen LogP contribution in [0.3, 0.4) is 0 Å². The third-order valence-electron chi connectivity index (χ3n) is 2.62. The molecule has 0 saturated heterocycles. The SMILES string of the molecule is O=C(O)C1=Cc2cc(Cl)ccc2OC1C(F)(F)CF. The average Bonchev–Trinajstić information content (AvgIpc) is 2.36. The minimum absolute atomic E-state index is 0.0347. The Balaban J connectivity index is 2.52. The normalized spacial score (nSPS) is 18.3. The van der Waals surface area contributed by atoms with E-state index in [0.29, 0.717) is 5.02 Å². The second kappa shape index (κ2) is 4.77. The topological polar surface area (TPSA) is 46.5 Å². The lowest BCUT2D eigenvalue weighted by Gasteiger charge is -2.29. The molecule has 0 saturated carbocycles. The van der Waals surface area contributed by atoms with Gasteiger partial charge in [-0.1, -0.05) is 11.6 Å². The van der Waals surface area contributed by atoms with E-state index in [4.69, 9.17) is 21.4 Å². The Morgan fingerprint density at radius 2 is 2.16 bits per heavy atom. The Morgan fingerprint density at radius 3 is 2.74 bits per heavy atom. The third-order valence-corrected chi connectivity index (χ3v) is 2.85. The van der Waals surface area contributed by atoms with Crippen LogP contribution >= 0.6 is 11.6 Å². The van der Waals surface area contributed by atoms with Gasteiger partial charge in [0, 0.05) is 10.6 Å². The van der Waals surface area contributed by atoms with Crippen molar-refractivity contribution in [1.82, 2.24) is 0 Å². The minimum Gasteiger partial charge on any atom is -0.478 e. The van der Waals surface area contributed by atoms with Crippen LogP contribution in [-0.2, 0) is 4.79 Å². The van der Waals surface area contributed by atoms with Gasteiger partial charge in [0.1, 0.15) is 5.75 Å². The van der Waals surface area contributed by atoms with Gasteiger partial charge >= 0.3 is 11.9 Å². The van der Waals surface area contributed by atoms with Crippen LogP contribution in [-0.4, -0.2) is 29.8 Å². The average molecular weight is 293 g/mol. The van der Waals surface area contributed by atoms with E-state index >= 15 is 0 Å². The molecule has 2 rings (SSSR count). The maximum Gasteiger partial charge on any atom is 0.335 e. The summed E-state index contributed by atoms with van der Waals surface area (Å²) in [6.45, 7) is -2.01. The zero-order chi connectivity index (χ0) is 14.2. The molecule has 1 aromatic rings. The molecular formula is C12H8ClF3O3. The Labute approximate surface area is 111 Å². The van der Waals surface area contributed by atoms with Crippen LogP contribution in [0.4, 0.5) is 13.2 Å². The predicted octanol–water partition coefficient (Wildman–Crippen LogP) is 3.17. The molecule has 1 unspecified atom stereocenters. The second-order valence-corrected chi connectivity index (χ2v) is 4.42. The lowest BCUT2D eigenvalue weighted by molar-refractivity contribution is -0.139. The van der Waals surface area contributed by atoms with Crippen molar-refractivity contribution in [1.29, 1.82) is 0 Å². The minimum atomic E-state index is -3.92. The van der Waals surface area contributed by atoms with Gasteiger partial charge in [-0.25, -0.2) is 9.18 Å². The van der Waals surface area contributed by atoms with Crippen LogP contribution in [0.2, 0.25) is 5.02 Å². The number of hydrogen-bond acceptors (Lipinski definition) is 2. The van der Waals surface area contributed by atoms with Gasteiger partial charge < -0.3 is 9.84 Å². The molecule has 7 heteroatoms. The molecule has 0 spiro atoms. The molecule has 102 valence electrons. The fourth-order valence-corrected chi connectivity index (χ4v) is 1.91. The number of hydrogen-bond donors (Lipinski definition) is 1. The first-order valence-corrected chi connectivity index (χ1v) is 5.58. The number of carbonyl (C=O) groups is 1. The van der Waals surface area contributed by atoms with E-state index in [-0.39, 0.29) is 11.3 Å². The summed E-state index contributed by atoms with van der Waals surface area (Å²) in [6, 6.07) is 4.11. The van der Waals surface area contributed by atoms with Crippen LogP contribution in [0.1, 0.15) is 5.56 Å². The van der Waals surface area contributed by atoms with E-state index in [1.807, 2.05) is 0 Å². The summed E-state index contributed by atoms with van der Waals surface area (Å²) in [6.07, 6.45) is -1.15. The molecule has 1 aliphatic heterocycles. The highest BCUT2D eigenvalue weighted by Crippen LogP contribution is 2.37. The van der Waals surface area contributed by atoms with E-state index < -0.39 is 30.2 Å². The van der Waals surface area contributed by atoms with E-state index in [1.165, 1.54) is 18.2 Å². The van der Waals surface area contributed by atoms with Crippen molar-refractivity contribution in [3.8, 4) is 5.75 Å². The molecular weight excluding hydrogens is 285 g/mol. The molecule has 1 N–H and O–H groups in total. The molecule has 0 bridgehead atoms. The van der Waals surface area contributed by atoms with Gasteiger partial charge in [0.05, 0.1) is 5.57 Å². The van der Waals surface area contributed by atoms with Crippen LogP contribution < -0.4 is 4.74 Å². The number of carboxylic acid groups (broad SMARTS) is 1. The number of carboxylic acids is 1. The maximum absolute atomic E-state index is 13.4. The van der Waals surface area contributed by atoms with Crippen LogP contribution in [0.25, 0.3) is 6.08 Å². The number of ether oxygens (including phenoxy) is 1. The third kappa shape index (κ3) is 2.53. The maximum atomic E-state index is 13.4. The van der Waals surface area contributed by atoms with Crippen molar-refractivity contribution in [2.45, 2.75) is 12.0 Å². The van der Waals surface area contributed by atoms with Gasteiger partial charge in [0.15, 0.2) is 12.8 Å². The standard InChI is InChI=1S/C12H8ClF3O3/c13-7-1-2-9-6(3-7)4-8(11(17)18)10(19-9)12(15,16)5-14/h1-4,10H,5H2,(H,17,18). The van der Waals surface area contributed by atoms with Gasteiger partial charge in [-0.05, 0) is 24.3 Å². The predicted molar refractivity (Wildman–Crippen MR) is 62.4 cm³/mol. The van der Waals surface area contributed by atoms with Crippen molar-refractivity contribution < 1.29 is 27.8 Å². The Hall–Kier alpha value is -1.69. The Kier molecular flexibility index (Phi) is 3.45. The number of benzene rings is 1. The smallest absolute Gasteiger partial charge is 0.335 e. The molecule has 0 amide bonds. The fourth-order valence-electron chi connectivity index (χ4n) is 1.73. The monoisotopic (exact) mass is 292 g/mol. The largest absolute Gasteiger partial charge is 0.478 e. The van der Waals surface area contributed by atoms with Crippen molar-refractivity contribution in [3.63, 3.8) is 0 Å². The molecule has 0 radical (unpaired) electrons. The summed E-state index contributed by atoms with van der Waals surface area (Å²) in [5.74, 6) is -5.47. The molecule has 1 aliphatic rings. The summed E-state index contributed by atoms with van der Waals surface area (Å²) in [4.78, 5) is 11.0. The van der Waals surface area contributed by atoms with Crippen molar-refractivity contribution in [2.24, 2.45) is 0 Å². The van der Waals surface area contributed by atoms with E-state index in [2.05, 4.69) is 0 Å². The molecule has 0 aliphatic carbocycles. The van der Waals surface area contributed by atoms with E-state index in [1.54, 1.807) is 0 Å². The summed E-state index contributed by atoms with van der Waals surface area (Å²) in [5.41, 5.74) is -0.451. The van der Waals surface area contributed by atoms with Gasteiger partial charge in [0.25, 0.3) is 0 Å². The molecule has 1 heterocycles. The number of aliphatic carboxylic acids is 1. The molecule has 0 fully saturated rings. The molecule has 1 aromatic carbocycles. The molecule has 3 nitrogen and oxygen atoms in total. The van der Waals surface area contributed by atoms with Crippen LogP contribution in [0, 0.1) is 0 Å². The first kappa shape index (κ1) is 13.7. The molecule has 19 heavy (non-hydrogen) atoms. The van der Waals surface area contributed by atoms with Gasteiger partial charge in [-0.3, -0.25) is 0 Å². The lowest BCUT2D eigenvalue weighted by Crippen LogP contribution is -2.44. The Bertz CT molecular complexity index is 557. The molecule has 0 aromatic heterocycles. The number of alkyl halides is 3. The van der Waals surface area contributed by atoms with Gasteiger partial charge in [-0.2, -0.15) is 8.78 Å².